The molecule has 1 N–H and O–H groups in total. The molecule has 2 aliphatic rings. The highest BCUT2D eigenvalue weighted by Crippen LogP contribution is 2.30. The lowest BCUT2D eigenvalue weighted by Gasteiger charge is -2.37. The standard InChI is InChI=1S/C32H33Cl2N3O5/c1-20-13-25(42-24-4-2-3-21(14-24)19-41-30-8-6-23(33)16-27(30)34)9-11-36(20)18-31-35-28-7-5-22(32(38)39)15-29(28)37(31)17-26-10-12-40-26/h2-8,14-16,20,25-26H,9-13,17-19H2,1H3,(H,38,39)/t20-,25+,26-/m0/s1. The maximum Gasteiger partial charge on any atom is 0.335 e. The predicted molar refractivity (Wildman–Crippen MR) is 162 cm³/mol. The van der Waals surface area contributed by atoms with Gasteiger partial charge in [0.05, 0.1) is 40.8 Å². The summed E-state index contributed by atoms with van der Waals surface area (Å²) >= 11 is 12.2. The van der Waals surface area contributed by atoms with Gasteiger partial charge < -0.3 is 23.9 Å². The fourth-order valence-electron chi connectivity index (χ4n) is 5.62. The fourth-order valence-corrected chi connectivity index (χ4v) is 6.08. The molecule has 2 saturated heterocycles. The van der Waals surface area contributed by atoms with Crippen molar-refractivity contribution in [2.45, 2.75) is 64.1 Å². The number of hydrogen-bond donors (Lipinski definition) is 1. The first kappa shape index (κ1) is 28.8. The Balaban J connectivity index is 1.09. The average molecular weight is 611 g/mol. The van der Waals surface area contributed by atoms with Gasteiger partial charge in [0.25, 0.3) is 0 Å². The molecule has 0 unspecified atom stereocenters. The fraction of sp³-hybridized carbons (Fsp3) is 0.375. The van der Waals surface area contributed by atoms with Gasteiger partial charge >= 0.3 is 5.97 Å². The van der Waals surface area contributed by atoms with Crippen molar-refractivity contribution in [3.63, 3.8) is 0 Å². The van der Waals surface area contributed by atoms with Crippen LogP contribution in [0.3, 0.4) is 0 Å². The molecule has 0 saturated carbocycles. The zero-order valence-electron chi connectivity index (χ0n) is 23.3. The lowest BCUT2D eigenvalue weighted by molar-refractivity contribution is -0.0593. The van der Waals surface area contributed by atoms with E-state index in [4.69, 9.17) is 42.4 Å². The first-order valence-corrected chi connectivity index (χ1v) is 15.0. The molecule has 6 rings (SSSR count). The molecule has 42 heavy (non-hydrogen) atoms. The van der Waals surface area contributed by atoms with Gasteiger partial charge in [-0.1, -0.05) is 35.3 Å². The average Bonchev–Trinajstić information content (AvgIpc) is 3.28. The van der Waals surface area contributed by atoms with E-state index in [-0.39, 0.29) is 23.8 Å². The molecule has 0 bridgehead atoms. The molecule has 1 aromatic heterocycles. The number of nitrogens with zero attached hydrogens (tertiary/aromatic N) is 3. The number of piperidine rings is 1. The van der Waals surface area contributed by atoms with Gasteiger partial charge in [0.2, 0.25) is 0 Å². The largest absolute Gasteiger partial charge is 0.490 e. The summed E-state index contributed by atoms with van der Waals surface area (Å²) in [5, 5.41) is 10.6. The second-order valence-electron chi connectivity index (χ2n) is 11.0. The number of carboxylic acid groups (broad SMARTS) is 1. The third kappa shape index (κ3) is 6.52. The molecule has 0 amide bonds. The highest BCUT2D eigenvalue weighted by Gasteiger charge is 2.29. The number of imidazole rings is 1. The van der Waals surface area contributed by atoms with Crippen molar-refractivity contribution >= 4 is 40.2 Å². The van der Waals surface area contributed by atoms with Crippen LogP contribution in [0.5, 0.6) is 11.5 Å². The molecule has 3 atom stereocenters. The summed E-state index contributed by atoms with van der Waals surface area (Å²) < 4.78 is 20.2. The Bertz CT molecular complexity index is 1590. The van der Waals surface area contributed by atoms with E-state index < -0.39 is 5.97 Å². The molecule has 10 heteroatoms. The molecular formula is C32H33Cl2N3O5. The van der Waals surface area contributed by atoms with Crippen molar-refractivity contribution in [1.29, 1.82) is 0 Å². The number of carbonyl (C=O) groups is 1. The Kier molecular flexibility index (Phi) is 8.58. The predicted octanol–water partition coefficient (Wildman–Crippen LogP) is 6.84. The molecule has 0 spiro atoms. The third-order valence-electron chi connectivity index (χ3n) is 8.05. The van der Waals surface area contributed by atoms with Gasteiger partial charge in [0.1, 0.15) is 30.0 Å². The number of carboxylic acids is 1. The third-order valence-corrected chi connectivity index (χ3v) is 8.58. The number of halogens is 2. The number of likely N-dealkylation sites (tertiary alicyclic amines) is 1. The van der Waals surface area contributed by atoms with E-state index in [0.717, 1.165) is 60.6 Å². The first-order chi connectivity index (χ1) is 20.3. The van der Waals surface area contributed by atoms with Gasteiger partial charge in [0, 0.05) is 24.2 Å². The molecular weight excluding hydrogens is 577 g/mol. The molecule has 2 fully saturated rings. The summed E-state index contributed by atoms with van der Waals surface area (Å²) in [7, 11) is 0. The van der Waals surface area contributed by atoms with Crippen molar-refractivity contribution < 1.29 is 24.1 Å². The van der Waals surface area contributed by atoms with Crippen LogP contribution >= 0.6 is 23.2 Å². The maximum atomic E-state index is 11.6. The summed E-state index contributed by atoms with van der Waals surface area (Å²) in [6.07, 6.45) is 3.00. The SMILES string of the molecule is C[C@H]1C[C@H](Oc2cccc(COc3ccc(Cl)cc3Cl)c2)CCN1Cc1nc2ccc(C(=O)O)cc2n1C[C@@H]1CCO1. The summed E-state index contributed by atoms with van der Waals surface area (Å²) in [6.45, 7) is 5.58. The van der Waals surface area contributed by atoms with Crippen LogP contribution in [0.2, 0.25) is 10.0 Å². The molecule has 3 heterocycles. The molecule has 0 radical (unpaired) electrons. The highest BCUT2D eigenvalue weighted by atomic mass is 35.5. The van der Waals surface area contributed by atoms with Gasteiger partial charge in [-0.05, 0) is 80.3 Å². The monoisotopic (exact) mass is 609 g/mol. The van der Waals surface area contributed by atoms with Crippen LogP contribution in [0, 0.1) is 0 Å². The Morgan fingerprint density at radius 2 is 1.98 bits per heavy atom. The minimum atomic E-state index is -0.939. The van der Waals surface area contributed by atoms with Crippen LogP contribution in [0.4, 0.5) is 0 Å². The van der Waals surface area contributed by atoms with Gasteiger partial charge in [-0.3, -0.25) is 4.90 Å². The number of rotatable bonds is 10. The second kappa shape index (κ2) is 12.5. The normalized spacial score (nSPS) is 20.8. The van der Waals surface area contributed by atoms with Crippen molar-refractivity contribution in [3.8, 4) is 11.5 Å². The Morgan fingerprint density at radius 3 is 2.71 bits per heavy atom. The molecule has 4 aromatic rings. The van der Waals surface area contributed by atoms with Crippen LogP contribution in [0.15, 0.2) is 60.7 Å². The summed E-state index contributed by atoms with van der Waals surface area (Å²) in [6, 6.07) is 18.6. The van der Waals surface area contributed by atoms with Crippen LogP contribution in [-0.2, 0) is 24.4 Å². The van der Waals surface area contributed by atoms with Gasteiger partial charge in [-0.2, -0.15) is 0 Å². The Morgan fingerprint density at radius 1 is 1.12 bits per heavy atom. The van der Waals surface area contributed by atoms with Crippen LogP contribution in [-0.4, -0.2) is 56.9 Å². The molecule has 0 aliphatic carbocycles. The summed E-state index contributed by atoms with van der Waals surface area (Å²) in [5.74, 6) is 1.40. The van der Waals surface area contributed by atoms with E-state index in [0.29, 0.717) is 35.5 Å². The molecule has 3 aromatic carbocycles. The van der Waals surface area contributed by atoms with E-state index in [9.17, 15) is 9.90 Å². The van der Waals surface area contributed by atoms with Crippen LogP contribution in [0.25, 0.3) is 11.0 Å². The Labute approximate surface area is 254 Å². The zero-order chi connectivity index (χ0) is 29.2. The molecule has 2 aliphatic heterocycles. The number of fused-ring (bicyclic) bond motifs is 1. The quantitative estimate of drug-likeness (QED) is 0.210. The second-order valence-corrected chi connectivity index (χ2v) is 11.9. The minimum absolute atomic E-state index is 0.0958. The van der Waals surface area contributed by atoms with Gasteiger partial charge in [-0.15, -0.1) is 0 Å². The number of aromatic carboxylic acids is 1. The molecule has 220 valence electrons. The van der Waals surface area contributed by atoms with E-state index in [1.807, 2.05) is 24.3 Å². The van der Waals surface area contributed by atoms with Crippen LogP contribution < -0.4 is 9.47 Å². The molecule has 8 nitrogen and oxygen atoms in total. The smallest absolute Gasteiger partial charge is 0.335 e. The highest BCUT2D eigenvalue weighted by molar-refractivity contribution is 6.35. The van der Waals surface area contributed by atoms with E-state index in [1.165, 1.54) is 0 Å². The topological polar surface area (TPSA) is 86.0 Å². The summed E-state index contributed by atoms with van der Waals surface area (Å²) in [5.41, 5.74) is 2.90. The van der Waals surface area contributed by atoms with E-state index in [2.05, 4.69) is 16.4 Å². The van der Waals surface area contributed by atoms with E-state index >= 15 is 0 Å². The van der Waals surface area contributed by atoms with Crippen molar-refractivity contribution in [2.75, 3.05) is 13.2 Å². The Hall–Kier alpha value is -3.30. The lowest BCUT2D eigenvalue weighted by Crippen LogP contribution is -2.44. The van der Waals surface area contributed by atoms with Crippen molar-refractivity contribution in [1.82, 2.24) is 14.5 Å². The van der Waals surface area contributed by atoms with Crippen molar-refractivity contribution in [2.24, 2.45) is 0 Å². The van der Waals surface area contributed by atoms with Gasteiger partial charge in [-0.25, -0.2) is 9.78 Å². The number of aromatic nitrogens is 2. The van der Waals surface area contributed by atoms with Crippen molar-refractivity contribution in [3.05, 3.63) is 87.7 Å². The lowest BCUT2D eigenvalue weighted by atomic mass is 10.0. The zero-order valence-corrected chi connectivity index (χ0v) is 24.9. The number of ether oxygens (including phenoxy) is 3. The number of benzene rings is 3. The summed E-state index contributed by atoms with van der Waals surface area (Å²) in [4.78, 5) is 19.0. The number of hydrogen-bond acceptors (Lipinski definition) is 6. The van der Waals surface area contributed by atoms with Crippen LogP contribution in [0.1, 0.15) is 47.9 Å². The maximum absolute atomic E-state index is 11.6. The van der Waals surface area contributed by atoms with Gasteiger partial charge in [0.15, 0.2) is 0 Å². The minimum Gasteiger partial charge on any atom is -0.490 e. The van der Waals surface area contributed by atoms with E-state index in [1.54, 1.807) is 36.4 Å². The first-order valence-electron chi connectivity index (χ1n) is 14.2.